The highest BCUT2D eigenvalue weighted by atomic mass is 32.2. The van der Waals surface area contributed by atoms with Crippen LogP contribution in [0.25, 0.3) is 0 Å². The normalized spacial score (nSPS) is 12.5. The molecule has 24 heavy (non-hydrogen) atoms. The molecule has 0 aromatic heterocycles. The van der Waals surface area contributed by atoms with E-state index in [-0.39, 0.29) is 11.7 Å². The third-order valence-corrected chi connectivity index (χ3v) is 4.05. The summed E-state index contributed by atoms with van der Waals surface area (Å²) in [4.78, 5) is 11.5. The molecule has 2 rings (SSSR count). The molecular formula is C18H24N2O3S. The maximum absolute atomic E-state index is 11.5. The number of amides is 1. The molecule has 2 aromatic carbocycles. The number of nitrogens with one attached hydrogen (secondary N) is 1. The van der Waals surface area contributed by atoms with Crippen LogP contribution in [0.2, 0.25) is 0 Å². The lowest BCUT2D eigenvalue weighted by Crippen LogP contribution is -2.47. The van der Waals surface area contributed by atoms with Gasteiger partial charge in [0, 0.05) is 23.8 Å². The first-order valence-corrected chi connectivity index (χ1v) is 8.98. The molecule has 130 valence electrons. The Morgan fingerprint density at radius 3 is 2.00 bits per heavy atom. The molecule has 0 aliphatic carbocycles. The Hall–Kier alpha value is -2.02. The summed E-state index contributed by atoms with van der Waals surface area (Å²) in [7, 11) is 0. The Bertz CT molecular complexity index is 621. The fourth-order valence-electron chi connectivity index (χ4n) is 1.88. The first-order chi connectivity index (χ1) is 11.5. The summed E-state index contributed by atoms with van der Waals surface area (Å²) in [5, 5.41) is 2.69. The van der Waals surface area contributed by atoms with Gasteiger partial charge in [-0.2, -0.15) is 0 Å². The Labute approximate surface area is 145 Å². The number of hydrogen-bond acceptors (Lipinski definition) is 3. The van der Waals surface area contributed by atoms with Gasteiger partial charge in [-0.05, 0) is 5.56 Å². The molecular weight excluding hydrogens is 324 g/mol. The van der Waals surface area contributed by atoms with Crippen molar-refractivity contribution < 1.29 is 19.3 Å². The summed E-state index contributed by atoms with van der Waals surface area (Å²) in [6, 6.07) is 19.7. The van der Waals surface area contributed by atoms with Gasteiger partial charge in [0.25, 0.3) is 0 Å². The van der Waals surface area contributed by atoms with Crippen LogP contribution in [0, 0.1) is 5.92 Å². The van der Waals surface area contributed by atoms with Crippen molar-refractivity contribution >= 4 is 17.0 Å². The fraction of sp³-hybridized carbons (Fsp3) is 0.278. The minimum Gasteiger partial charge on any atom is -0.772 e. The number of hydrogen-bond donors (Lipinski definition) is 2. The lowest BCUT2D eigenvalue weighted by atomic mass is 10.2. The number of carbonyl (C=O) groups excluding carboxylic acids is 1. The summed E-state index contributed by atoms with van der Waals surface area (Å²) in [6.45, 7) is 2.91. The van der Waals surface area contributed by atoms with E-state index in [1.807, 2.05) is 48.5 Å². The van der Waals surface area contributed by atoms with E-state index in [0.717, 1.165) is 12.1 Å². The molecule has 6 heteroatoms. The standard InChI is InChI=1S/C11H15NO3S.C7H9N/c1-9(8-16(14)15)11(13)12-7-10-5-3-2-4-6-10;8-6-7-4-2-1-3-5-7/h2-6,9H,7-8H2,1H3,(H,12,13)(H,14,15);1-5H,6,8H2. The van der Waals surface area contributed by atoms with Crippen LogP contribution in [0.1, 0.15) is 18.1 Å². The molecule has 0 aliphatic heterocycles. The summed E-state index contributed by atoms with van der Waals surface area (Å²) in [5.74, 6) is -0.893. The van der Waals surface area contributed by atoms with Gasteiger partial charge in [0.2, 0.25) is 5.91 Å². The van der Waals surface area contributed by atoms with Crippen molar-refractivity contribution in [2.75, 3.05) is 5.75 Å². The lowest BCUT2D eigenvalue weighted by Gasteiger charge is -2.13. The third-order valence-electron chi connectivity index (χ3n) is 3.27. The smallest absolute Gasteiger partial charge is 0.223 e. The van der Waals surface area contributed by atoms with Crippen LogP contribution in [0.4, 0.5) is 0 Å². The van der Waals surface area contributed by atoms with E-state index in [4.69, 9.17) is 0 Å². The van der Waals surface area contributed by atoms with Crippen LogP contribution in [-0.2, 0) is 29.0 Å². The second-order valence-electron chi connectivity index (χ2n) is 5.31. The first kappa shape index (κ1) is 20.0. The molecule has 0 heterocycles. The molecule has 0 saturated heterocycles. The predicted octanol–water partition coefficient (Wildman–Crippen LogP) is 1.25. The van der Waals surface area contributed by atoms with Crippen LogP contribution in [0.15, 0.2) is 60.7 Å². The molecule has 0 bridgehead atoms. The van der Waals surface area contributed by atoms with Crippen LogP contribution in [-0.4, -0.2) is 20.4 Å². The first-order valence-electron chi connectivity index (χ1n) is 7.73. The highest BCUT2D eigenvalue weighted by Crippen LogP contribution is 2.00. The number of benzene rings is 2. The van der Waals surface area contributed by atoms with E-state index >= 15 is 0 Å². The molecule has 0 aliphatic rings. The third kappa shape index (κ3) is 8.57. The van der Waals surface area contributed by atoms with E-state index in [0.29, 0.717) is 6.54 Å². The molecule has 0 radical (unpaired) electrons. The summed E-state index contributed by atoms with van der Waals surface area (Å²) in [5.41, 5.74) is 6.05. The average Bonchev–Trinajstić information content (AvgIpc) is 2.61. The van der Waals surface area contributed by atoms with Crippen molar-refractivity contribution in [2.24, 2.45) is 5.92 Å². The molecule has 2 atom stereocenters. The van der Waals surface area contributed by atoms with Crippen molar-refractivity contribution in [3.63, 3.8) is 0 Å². The van der Waals surface area contributed by atoms with Gasteiger partial charge in [-0.1, -0.05) is 78.7 Å². The van der Waals surface area contributed by atoms with E-state index in [9.17, 15) is 13.6 Å². The number of rotatable bonds is 6. The van der Waals surface area contributed by atoms with Gasteiger partial charge < -0.3 is 15.6 Å². The predicted molar refractivity (Wildman–Crippen MR) is 94.3 cm³/mol. The topological polar surface area (TPSA) is 96.9 Å². The minimum absolute atomic E-state index is 0.138. The van der Waals surface area contributed by atoms with Gasteiger partial charge >= 0.3 is 0 Å². The Kier molecular flexibility index (Phi) is 9.60. The van der Waals surface area contributed by atoms with E-state index in [1.54, 1.807) is 6.92 Å². The molecule has 0 fully saturated rings. The van der Waals surface area contributed by atoms with E-state index in [2.05, 4.69) is 23.2 Å². The van der Waals surface area contributed by atoms with Gasteiger partial charge in [0.05, 0.1) is 6.54 Å². The molecule has 4 N–H and O–H groups in total. The zero-order valence-electron chi connectivity index (χ0n) is 13.8. The van der Waals surface area contributed by atoms with Crippen LogP contribution in [0.5, 0.6) is 0 Å². The van der Waals surface area contributed by atoms with Gasteiger partial charge in [-0.3, -0.25) is 9.00 Å². The SMILES string of the molecule is CC(CS(=O)[O-])C(=O)NCc1ccccc1.[NH3+]Cc1ccccc1. The molecule has 1 amide bonds. The maximum Gasteiger partial charge on any atom is 0.223 e. The Morgan fingerprint density at radius 2 is 1.58 bits per heavy atom. The average molecular weight is 348 g/mol. The highest BCUT2D eigenvalue weighted by molar-refractivity contribution is 7.79. The lowest BCUT2D eigenvalue weighted by molar-refractivity contribution is -0.386. The Balaban J connectivity index is 0.000000300. The largest absolute Gasteiger partial charge is 0.772 e. The van der Waals surface area contributed by atoms with Crippen LogP contribution < -0.4 is 11.1 Å². The fourth-order valence-corrected chi connectivity index (χ4v) is 2.44. The second kappa shape index (κ2) is 11.5. The van der Waals surface area contributed by atoms with Crippen molar-refractivity contribution in [1.29, 1.82) is 0 Å². The summed E-state index contributed by atoms with van der Waals surface area (Å²) < 4.78 is 20.8. The maximum atomic E-state index is 11.5. The summed E-state index contributed by atoms with van der Waals surface area (Å²) in [6.07, 6.45) is 0. The zero-order chi connectivity index (χ0) is 17.8. The van der Waals surface area contributed by atoms with Gasteiger partial charge in [0.1, 0.15) is 0 Å². The molecule has 0 spiro atoms. The van der Waals surface area contributed by atoms with Crippen molar-refractivity contribution in [1.82, 2.24) is 5.32 Å². The van der Waals surface area contributed by atoms with Gasteiger partial charge in [-0.15, -0.1) is 0 Å². The second-order valence-corrected chi connectivity index (χ2v) is 6.25. The molecule has 2 unspecified atom stereocenters. The van der Waals surface area contributed by atoms with Crippen molar-refractivity contribution in [3.05, 3.63) is 71.8 Å². The number of quaternary nitrogens is 1. The quantitative estimate of drug-likeness (QED) is 0.769. The van der Waals surface area contributed by atoms with E-state index in [1.165, 1.54) is 5.56 Å². The molecule has 5 nitrogen and oxygen atoms in total. The zero-order valence-corrected chi connectivity index (χ0v) is 14.6. The van der Waals surface area contributed by atoms with Crippen molar-refractivity contribution in [3.8, 4) is 0 Å². The minimum atomic E-state index is -2.18. The van der Waals surface area contributed by atoms with Crippen molar-refractivity contribution in [2.45, 2.75) is 20.0 Å². The monoisotopic (exact) mass is 348 g/mol. The van der Waals surface area contributed by atoms with Gasteiger partial charge in [-0.25, -0.2) is 0 Å². The van der Waals surface area contributed by atoms with Crippen LogP contribution >= 0.6 is 0 Å². The van der Waals surface area contributed by atoms with Crippen LogP contribution in [0.3, 0.4) is 0 Å². The summed E-state index contributed by atoms with van der Waals surface area (Å²) >= 11 is -2.18. The molecule has 0 saturated carbocycles. The highest BCUT2D eigenvalue weighted by Gasteiger charge is 2.12. The van der Waals surface area contributed by atoms with Gasteiger partial charge in [0.15, 0.2) is 0 Å². The number of carbonyl (C=O) groups is 1. The Morgan fingerprint density at radius 1 is 1.08 bits per heavy atom. The molecule has 2 aromatic rings. The van der Waals surface area contributed by atoms with E-state index < -0.39 is 17.0 Å².